The Kier molecular flexibility index (Phi) is 5.72. The molecule has 84 valence electrons. The van der Waals surface area contributed by atoms with E-state index in [2.05, 4.69) is 0 Å². The van der Waals surface area contributed by atoms with E-state index in [0.29, 0.717) is 19.6 Å². The summed E-state index contributed by atoms with van der Waals surface area (Å²) < 4.78 is 10.6. The molecule has 0 radical (unpaired) electrons. The summed E-state index contributed by atoms with van der Waals surface area (Å²) in [6.07, 6.45) is -0.0552. The van der Waals surface area contributed by atoms with E-state index in [1.54, 1.807) is 13.8 Å². The quantitative estimate of drug-likeness (QED) is 0.643. The molecule has 0 bridgehead atoms. The summed E-state index contributed by atoms with van der Waals surface area (Å²) in [5.41, 5.74) is -0.811. The van der Waals surface area contributed by atoms with E-state index in [4.69, 9.17) is 14.6 Å². The van der Waals surface area contributed by atoms with Crippen molar-refractivity contribution < 1.29 is 19.4 Å². The second-order valence-corrected chi connectivity index (χ2v) is 3.73. The van der Waals surface area contributed by atoms with Crippen LogP contribution in [-0.2, 0) is 14.3 Å². The van der Waals surface area contributed by atoms with Gasteiger partial charge in [0.2, 0.25) is 0 Å². The van der Waals surface area contributed by atoms with Gasteiger partial charge in [-0.15, -0.1) is 0 Å². The number of hydrogen-bond acceptors (Lipinski definition) is 3. The SMILES string of the molecule is CCOC(CC(C)(C)C(=O)O)OCC. The number of carbonyl (C=O) groups is 1. The highest BCUT2D eigenvalue weighted by atomic mass is 16.7. The predicted molar refractivity (Wildman–Crippen MR) is 53.1 cm³/mol. The van der Waals surface area contributed by atoms with Crippen molar-refractivity contribution >= 4 is 5.97 Å². The lowest BCUT2D eigenvalue weighted by Gasteiger charge is -2.25. The van der Waals surface area contributed by atoms with Gasteiger partial charge < -0.3 is 14.6 Å². The van der Waals surface area contributed by atoms with Crippen LogP contribution < -0.4 is 0 Å². The molecule has 0 aliphatic rings. The average Bonchev–Trinajstić information content (AvgIpc) is 2.04. The molecule has 0 aliphatic carbocycles. The van der Waals surface area contributed by atoms with Crippen LogP contribution in [0.25, 0.3) is 0 Å². The molecule has 0 saturated carbocycles. The monoisotopic (exact) mass is 204 g/mol. The van der Waals surface area contributed by atoms with Gasteiger partial charge in [-0.3, -0.25) is 4.79 Å². The number of aliphatic carboxylic acids is 1. The van der Waals surface area contributed by atoms with Crippen molar-refractivity contribution in [1.29, 1.82) is 0 Å². The van der Waals surface area contributed by atoms with Crippen molar-refractivity contribution in [3.63, 3.8) is 0 Å². The summed E-state index contributed by atoms with van der Waals surface area (Å²) in [6, 6.07) is 0. The van der Waals surface area contributed by atoms with Crippen molar-refractivity contribution in [3.8, 4) is 0 Å². The summed E-state index contributed by atoms with van der Waals surface area (Å²) in [6.45, 7) is 8.11. The van der Waals surface area contributed by atoms with E-state index in [1.165, 1.54) is 0 Å². The Bertz CT molecular complexity index is 171. The Labute approximate surface area is 85.2 Å². The first-order chi connectivity index (χ1) is 6.44. The molecule has 0 atom stereocenters. The van der Waals surface area contributed by atoms with Gasteiger partial charge in [-0.1, -0.05) is 0 Å². The van der Waals surface area contributed by atoms with E-state index in [9.17, 15) is 4.79 Å². The first-order valence-corrected chi connectivity index (χ1v) is 4.90. The molecule has 4 nitrogen and oxygen atoms in total. The smallest absolute Gasteiger partial charge is 0.309 e. The molecule has 0 rings (SSSR count). The lowest BCUT2D eigenvalue weighted by molar-refractivity contribution is -0.170. The fraction of sp³-hybridized carbons (Fsp3) is 0.900. The third kappa shape index (κ3) is 4.58. The van der Waals surface area contributed by atoms with E-state index in [0.717, 1.165) is 0 Å². The minimum absolute atomic E-state index is 0.365. The molecule has 1 N–H and O–H groups in total. The highest BCUT2D eigenvalue weighted by molar-refractivity contribution is 5.73. The Morgan fingerprint density at radius 1 is 1.29 bits per heavy atom. The minimum Gasteiger partial charge on any atom is -0.481 e. The Morgan fingerprint density at radius 3 is 2.00 bits per heavy atom. The Balaban J connectivity index is 4.19. The van der Waals surface area contributed by atoms with E-state index in [-0.39, 0.29) is 0 Å². The molecule has 0 saturated heterocycles. The predicted octanol–water partition coefficient (Wildman–Crippen LogP) is 1.89. The molecule has 0 spiro atoms. The number of hydrogen-bond donors (Lipinski definition) is 1. The van der Waals surface area contributed by atoms with Crippen LogP contribution >= 0.6 is 0 Å². The molecular weight excluding hydrogens is 184 g/mol. The van der Waals surface area contributed by atoms with E-state index < -0.39 is 17.7 Å². The zero-order valence-corrected chi connectivity index (χ0v) is 9.37. The maximum absolute atomic E-state index is 10.9. The van der Waals surface area contributed by atoms with Gasteiger partial charge >= 0.3 is 5.97 Å². The van der Waals surface area contributed by atoms with E-state index >= 15 is 0 Å². The van der Waals surface area contributed by atoms with Gasteiger partial charge in [-0.2, -0.15) is 0 Å². The van der Waals surface area contributed by atoms with Gasteiger partial charge in [0.15, 0.2) is 6.29 Å². The van der Waals surface area contributed by atoms with Gasteiger partial charge in [0.05, 0.1) is 5.41 Å². The first kappa shape index (κ1) is 13.4. The van der Waals surface area contributed by atoms with Crippen LogP contribution in [0.4, 0.5) is 0 Å². The number of ether oxygens (including phenoxy) is 2. The molecule has 0 unspecified atom stereocenters. The molecule has 0 fully saturated rings. The maximum atomic E-state index is 10.9. The largest absolute Gasteiger partial charge is 0.481 e. The minimum atomic E-state index is -0.832. The van der Waals surface area contributed by atoms with Crippen LogP contribution in [0.3, 0.4) is 0 Å². The summed E-state index contributed by atoms with van der Waals surface area (Å²) in [5, 5.41) is 8.92. The standard InChI is InChI=1S/C10H20O4/c1-5-13-8(14-6-2)7-10(3,4)9(11)12/h8H,5-7H2,1-4H3,(H,11,12). The second-order valence-electron chi connectivity index (χ2n) is 3.73. The van der Waals surface area contributed by atoms with Crippen molar-refractivity contribution in [3.05, 3.63) is 0 Å². The summed E-state index contributed by atoms with van der Waals surface area (Å²) in [4.78, 5) is 10.9. The zero-order valence-electron chi connectivity index (χ0n) is 9.37. The Morgan fingerprint density at radius 2 is 1.71 bits per heavy atom. The first-order valence-electron chi connectivity index (χ1n) is 4.90. The van der Waals surface area contributed by atoms with Crippen LogP contribution in [0.2, 0.25) is 0 Å². The molecule has 4 heteroatoms. The molecule has 0 aromatic rings. The van der Waals surface area contributed by atoms with Crippen LogP contribution in [0.15, 0.2) is 0 Å². The summed E-state index contributed by atoms with van der Waals surface area (Å²) in [7, 11) is 0. The van der Waals surface area contributed by atoms with Gasteiger partial charge in [-0.25, -0.2) is 0 Å². The molecule has 0 heterocycles. The van der Waals surface area contributed by atoms with E-state index in [1.807, 2.05) is 13.8 Å². The summed E-state index contributed by atoms with van der Waals surface area (Å²) >= 11 is 0. The third-order valence-corrected chi connectivity index (χ3v) is 1.96. The maximum Gasteiger partial charge on any atom is 0.309 e. The van der Waals surface area contributed by atoms with Gasteiger partial charge in [0, 0.05) is 19.6 Å². The second kappa shape index (κ2) is 5.98. The van der Waals surface area contributed by atoms with Gasteiger partial charge in [0.1, 0.15) is 0 Å². The van der Waals surface area contributed by atoms with Crippen molar-refractivity contribution in [1.82, 2.24) is 0 Å². The molecule has 0 aromatic carbocycles. The lowest BCUT2D eigenvalue weighted by Crippen LogP contribution is -2.31. The molecular formula is C10H20O4. The number of carboxylic acid groups (broad SMARTS) is 1. The molecule has 0 amide bonds. The van der Waals surface area contributed by atoms with Crippen LogP contribution in [0, 0.1) is 5.41 Å². The van der Waals surface area contributed by atoms with Crippen molar-refractivity contribution in [2.45, 2.75) is 40.4 Å². The van der Waals surface area contributed by atoms with Gasteiger partial charge in [0.25, 0.3) is 0 Å². The van der Waals surface area contributed by atoms with Crippen LogP contribution in [-0.4, -0.2) is 30.6 Å². The molecule has 0 aromatic heterocycles. The average molecular weight is 204 g/mol. The van der Waals surface area contributed by atoms with Crippen molar-refractivity contribution in [2.24, 2.45) is 5.41 Å². The van der Waals surface area contributed by atoms with Crippen LogP contribution in [0.1, 0.15) is 34.1 Å². The zero-order chi connectivity index (χ0) is 11.2. The normalized spacial score (nSPS) is 12.1. The molecule has 0 aliphatic heterocycles. The molecule has 14 heavy (non-hydrogen) atoms. The Hall–Kier alpha value is -0.610. The highest BCUT2D eigenvalue weighted by Crippen LogP contribution is 2.24. The lowest BCUT2D eigenvalue weighted by atomic mass is 9.89. The third-order valence-electron chi connectivity index (χ3n) is 1.96. The highest BCUT2D eigenvalue weighted by Gasteiger charge is 2.31. The fourth-order valence-corrected chi connectivity index (χ4v) is 1.04. The summed E-state index contributed by atoms with van der Waals surface area (Å²) in [5.74, 6) is -0.832. The fourth-order valence-electron chi connectivity index (χ4n) is 1.04. The van der Waals surface area contributed by atoms with Crippen molar-refractivity contribution in [2.75, 3.05) is 13.2 Å². The number of rotatable bonds is 7. The number of carboxylic acids is 1. The van der Waals surface area contributed by atoms with Crippen LogP contribution in [0.5, 0.6) is 0 Å². The van der Waals surface area contributed by atoms with Gasteiger partial charge in [-0.05, 0) is 27.7 Å². The topological polar surface area (TPSA) is 55.8 Å².